The van der Waals surface area contributed by atoms with Crippen molar-refractivity contribution in [2.75, 3.05) is 5.32 Å². The highest BCUT2D eigenvalue weighted by Gasteiger charge is 2.43. The van der Waals surface area contributed by atoms with Gasteiger partial charge in [-0.25, -0.2) is 9.98 Å². The van der Waals surface area contributed by atoms with E-state index >= 15 is 0 Å². The Kier molecular flexibility index (Phi) is 6.25. The average molecular weight is 498 g/mol. The molecule has 1 saturated carbocycles. The summed E-state index contributed by atoms with van der Waals surface area (Å²) in [5, 5.41) is 2.42. The number of anilines is 1. The molecule has 0 bridgehead atoms. The molecule has 1 fully saturated rings. The molecule has 4 unspecified atom stereocenters. The zero-order chi connectivity index (χ0) is 25.4. The number of carbonyl (C=O) groups excluding carboxylic acids is 1. The van der Waals surface area contributed by atoms with Gasteiger partial charge in [-0.1, -0.05) is 18.6 Å². The van der Waals surface area contributed by atoms with Crippen LogP contribution in [0.2, 0.25) is 0 Å². The van der Waals surface area contributed by atoms with Gasteiger partial charge in [0, 0.05) is 36.1 Å². The molecule has 0 radical (unpaired) electrons. The van der Waals surface area contributed by atoms with E-state index < -0.39 is 17.6 Å². The Balaban J connectivity index is 1.36. The average Bonchev–Trinajstić information content (AvgIpc) is 3.25. The molecule has 1 aliphatic carbocycles. The number of aliphatic imine (C=N–C) groups is 2. The van der Waals surface area contributed by atoms with Crippen LogP contribution in [0.5, 0.6) is 0 Å². The summed E-state index contributed by atoms with van der Waals surface area (Å²) < 4.78 is 38.8. The molecular formula is C25H26F3N7O. The molecule has 5 rings (SSSR count). The van der Waals surface area contributed by atoms with Crippen LogP contribution in [0.4, 0.5) is 19.0 Å². The number of nitrogens with one attached hydrogen (secondary N) is 1. The van der Waals surface area contributed by atoms with Gasteiger partial charge in [0.2, 0.25) is 0 Å². The van der Waals surface area contributed by atoms with E-state index in [9.17, 15) is 18.0 Å². The molecule has 4 atom stereocenters. The molecule has 2 aliphatic heterocycles. The number of nitrogens with zero attached hydrogens (tertiary/aromatic N) is 4. The Bertz CT molecular complexity index is 1240. The maximum absolute atomic E-state index is 12.9. The molecule has 5 N–H and O–H groups in total. The van der Waals surface area contributed by atoms with Crippen molar-refractivity contribution >= 4 is 23.4 Å². The second-order valence-electron chi connectivity index (χ2n) is 9.26. The van der Waals surface area contributed by atoms with Gasteiger partial charge < -0.3 is 21.7 Å². The number of amidine groups is 2. The SMILES string of the molecule is NC1=NC=CN2C(C3CCCC(N)C3)=NC(c3ccc(C(=O)Nc4cc(C(F)(F)F)ccn4)cc3)C12. The molecular weight excluding hydrogens is 471 g/mol. The zero-order valence-corrected chi connectivity index (χ0v) is 19.3. The number of nitrogens with two attached hydrogens (primary N) is 2. The van der Waals surface area contributed by atoms with Crippen molar-refractivity contribution in [2.45, 2.75) is 50.0 Å². The maximum atomic E-state index is 12.9. The summed E-state index contributed by atoms with van der Waals surface area (Å²) in [6.45, 7) is 0. The summed E-state index contributed by atoms with van der Waals surface area (Å²) in [4.78, 5) is 27.9. The largest absolute Gasteiger partial charge is 0.416 e. The van der Waals surface area contributed by atoms with Crippen LogP contribution in [-0.4, -0.2) is 39.5 Å². The van der Waals surface area contributed by atoms with E-state index in [1.165, 1.54) is 0 Å². The van der Waals surface area contributed by atoms with E-state index in [0.717, 1.165) is 55.4 Å². The lowest BCUT2D eigenvalue weighted by atomic mass is 9.85. The minimum Gasteiger partial charge on any atom is -0.385 e. The van der Waals surface area contributed by atoms with Crippen LogP contribution >= 0.6 is 0 Å². The fraction of sp³-hybridized carbons (Fsp3) is 0.360. The molecule has 36 heavy (non-hydrogen) atoms. The van der Waals surface area contributed by atoms with Gasteiger partial charge in [0.15, 0.2) is 0 Å². The normalized spacial score (nSPS) is 25.7. The third-order valence-corrected chi connectivity index (χ3v) is 6.81. The topological polar surface area (TPSA) is 122 Å². The summed E-state index contributed by atoms with van der Waals surface area (Å²) in [5.74, 6) is 0.902. The predicted molar refractivity (Wildman–Crippen MR) is 130 cm³/mol. The first-order valence-corrected chi connectivity index (χ1v) is 11.8. The molecule has 0 saturated heterocycles. The lowest BCUT2D eigenvalue weighted by Crippen LogP contribution is -2.47. The number of alkyl halides is 3. The van der Waals surface area contributed by atoms with Crippen molar-refractivity contribution < 1.29 is 18.0 Å². The van der Waals surface area contributed by atoms with E-state index in [1.54, 1.807) is 30.5 Å². The van der Waals surface area contributed by atoms with E-state index in [0.29, 0.717) is 5.84 Å². The monoisotopic (exact) mass is 497 g/mol. The third-order valence-electron chi connectivity index (χ3n) is 6.81. The number of aromatic nitrogens is 1. The minimum atomic E-state index is -4.53. The second-order valence-corrected chi connectivity index (χ2v) is 9.26. The van der Waals surface area contributed by atoms with Crippen LogP contribution < -0.4 is 16.8 Å². The van der Waals surface area contributed by atoms with Gasteiger partial charge in [-0.3, -0.25) is 9.79 Å². The molecule has 11 heteroatoms. The first-order chi connectivity index (χ1) is 17.2. The maximum Gasteiger partial charge on any atom is 0.416 e. The van der Waals surface area contributed by atoms with Crippen molar-refractivity contribution in [1.29, 1.82) is 0 Å². The highest BCUT2D eigenvalue weighted by molar-refractivity contribution is 6.04. The number of hydrogen-bond donors (Lipinski definition) is 3. The first kappa shape index (κ1) is 24.0. The van der Waals surface area contributed by atoms with Gasteiger partial charge in [-0.05, 0) is 49.1 Å². The summed E-state index contributed by atoms with van der Waals surface area (Å²) in [6.07, 6.45) is 3.97. The molecule has 2 aromatic rings. The lowest BCUT2D eigenvalue weighted by Gasteiger charge is -2.34. The van der Waals surface area contributed by atoms with Crippen molar-refractivity contribution in [2.24, 2.45) is 27.4 Å². The van der Waals surface area contributed by atoms with E-state index in [2.05, 4.69) is 20.2 Å². The first-order valence-electron chi connectivity index (χ1n) is 11.8. The molecule has 0 spiro atoms. The Morgan fingerprint density at radius 1 is 1.14 bits per heavy atom. The number of benzene rings is 1. The van der Waals surface area contributed by atoms with Crippen LogP contribution in [0.3, 0.4) is 0 Å². The highest BCUT2D eigenvalue weighted by Crippen LogP contribution is 2.38. The number of hydrogen-bond acceptors (Lipinski definition) is 7. The van der Waals surface area contributed by atoms with E-state index in [4.69, 9.17) is 16.5 Å². The number of amides is 1. The predicted octanol–water partition coefficient (Wildman–Crippen LogP) is 3.84. The molecule has 1 aromatic heterocycles. The lowest BCUT2D eigenvalue weighted by molar-refractivity contribution is -0.137. The Morgan fingerprint density at radius 3 is 2.64 bits per heavy atom. The Labute approximate surface area is 206 Å². The quantitative estimate of drug-likeness (QED) is 0.593. The van der Waals surface area contributed by atoms with Crippen molar-refractivity contribution in [3.05, 3.63) is 71.7 Å². The van der Waals surface area contributed by atoms with Crippen LogP contribution in [-0.2, 0) is 6.18 Å². The molecule has 3 heterocycles. The van der Waals surface area contributed by atoms with Crippen LogP contribution in [0.15, 0.2) is 65.0 Å². The smallest absolute Gasteiger partial charge is 0.385 e. The molecule has 1 amide bonds. The minimum absolute atomic E-state index is 0.146. The fourth-order valence-electron chi connectivity index (χ4n) is 5.05. The van der Waals surface area contributed by atoms with Gasteiger partial charge in [0.25, 0.3) is 5.91 Å². The van der Waals surface area contributed by atoms with Crippen LogP contribution in [0.25, 0.3) is 0 Å². The Morgan fingerprint density at radius 2 is 1.92 bits per heavy atom. The van der Waals surface area contributed by atoms with E-state index in [-0.39, 0.29) is 35.4 Å². The summed E-state index contributed by atoms with van der Waals surface area (Å²) in [7, 11) is 0. The Hall–Kier alpha value is -3.73. The molecule has 188 valence electrons. The molecule has 8 nitrogen and oxygen atoms in total. The van der Waals surface area contributed by atoms with Crippen LogP contribution in [0, 0.1) is 5.92 Å². The standard InChI is InChI=1S/C25H26F3N7O/c26-25(27,28)17-8-9-31-19(13-17)33-24(36)15-6-4-14(5-7-15)20-21-22(30)32-10-11-35(21)23(34-20)16-2-1-3-18(29)12-16/h4-11,13,16,18,20-21H,1-3,12,29H2,(H2,30,32)(H,31,33,36). The fourth-order valence-corrected chi connectivity index (χ4v) is 5.05. The summed E-state index contributed by atoms with van der Waals surface area (Å²) in [5.41, 5.74) is 12.7. The van der Waals surface area contributed by atoms with Gasteiger partial charge in [0.05, 0.1) is 5.56 Å². The number of rotatable bonds is 4. The van der Waals surface area contributed by atoms with Crippen molar-refractivity contribution in [3.8, 4) is 0 Å². The van der Waals surface area contributed by atoms with E-state index in [1.807, 2.05) is 6.20 Å². The van der Waals surface area contributed by atoms with Gasteiger partial charge >= 0.3 is 6.18 Å². The number of halogens is 3. The molecule has 1 aromatic carbocycles. The number of pyridine rings is 1. The molecule has 3 aliphatic rings. The van der Waals surface area contributed by atoms with Gasteiger partial charge in [0.1, 0.15) is 29.6 Å². The third kappa shape index (κ3) is 4.70. The van der Waals surface area contributed by atoms with Crippen molar-refractivity contribution in [1.82, 2.24) is 9.88 Å². The summed E-state index contributed by atoms with van der Waals surface area (Å²) >= 11 is 0. The number of fused-ring (bicyclic) bond motifs is 1. The number of carbonyl (C=O) groups is 1. The van der Waals surface area contributed by atoms with Gasteiger partial charge in [-0.2, -0.15) is 13.2 Å². The summed E-state index contributed by atoms with van der Waals surface area (Å²) in [6, 6.07) is 7.99. The highest BCUT2D eigenvalue weighted by atomic mass is 19.4. The van der Waals surface area contributed by atoms with Crippen molar-refractivity contribution in [3.63, 3.8) is 0 Å². The van der Waals surface area contributed by atoms with Crippen LogP contribution in [0.1, 0.15) is 53.2 Å². The van der Waals surface area contributed by atoms with Gasteiger partial charge in [-0.15, -0.1) is 0 Å². The zero-order valence-electron chi connectivity index (χ0n) is 19.3. The second kappa shape index (κ2) is 9.38.